The van der Waals surface area contributed by atoms with E-state index in [2.05, 4.69) is 4.98 Å². The Kier molecular flexibility index (Phi) is 5.67. The summed E-state index contributed by atoms with van der Waals surface area (Å²) < 4.78 is 48.6. The number of nitrogens with zero attached hydrogens (tertiary/aromatic N) is 3. The van der Waals surface area contributed by atoms with Gasteiger partial charge >= 0.3 is 0 Å². The molecule has 34 heavy (non-hydrogen) atoms. The molecule has 1 amide bonds. The van der Waals surface area contributed by atoms with Crippen molar-refractivity contribution in [3.05, 3.63) is 82.7 Å². The third kappa shape index (κ3) is 3.87. The third-order valence-electron chi connectivity index (χ3n) is 6.68. The number of carbonyl (C=O) groups excluding carboxylic acids is 1. The number of aromatic nitrogens is 2. The van der Waals surface area contributed by atoms with Crippen LogP contribution in [0.25, 0.3) is 11.8 Å². The predicted molar refractivity (Wildman–Crippen MR) is 121 cm³/mol. The lowest BCUT2D eigenvalue weighted by Crippen LogP contribution is -2.41. The van der Waals surface area contributed by atoms with E-state index in [0.29, 0.717) is 24.2 Å². The molecule has 2 saturated heterocycles. The van der Waals surface area contributed by atoms with Gasteiger partial charge in [-0.25, -0.2) is 18.2 Å². The lowest BCUT2D eigenvalue weighted by atomic mass is 9.95. The van der Waals surface area contributed by atoms with Crippen molar-refractivity contribution in [3.8, 4) is 11.4 Å². The van der Waals surface area contributed by atoms with Crippen LogP contribution < -0.4 is 4.74 Å². The topological polar surface area (TPSA) is 47.4 Å². The molecule has 0 saturated carbocycles. The largest absolute Gasteiger partial charge is 0.495 e. The minimum atomic E-state index is -1.49. The first-order chi connectivity index (χ1) is 16.4. The van der Waals surface area contributed by atoms with Gasteiger partial charge in [-0.15, -0.1) is 0 Å². The Balaban J connectivity index is 1.44. The van der Waals surface area contributed by atoms with Gasteiger partial charge in [0, 0.05) is 17.8 Å². The number of fused-ring (bicyclic) bond motifs is 1. The van der Waals surface area contributed by atoms with Crippen LogP contribution in [0.15, 0.2) is 48.4 Å². The highest BCUT2D eigenvalue weighted by Gasteiger charge is 2.42. The van der Waals surface area contributed by atoms with Crippen LogP contribution in [0.5, 0.6) is 5.75 Å². The zero-order chi connectivity index (χ0) is 24.0. The van der Waals surface area contributed by atoms with Crippen LogP contribution >= 0.6 is 0 Å². The number of benzene rings is 2. The average molecular weight is 467 g/mol. The summed E-state index contributed by atoms with van der Waals surface area (Å²) in [5, 5.41) is 0. The molecule has 3 aromatic rings. The van der Waals surface area contributed by atoms with E-state index in [1.54, 1.807) is 18.3 Å². The molecular formula is C26H24F3N3O2. The maximum atomic E-state index is 13.9. The number of carbonyl (C=O) groups is 1. The molecule has 2 aliphatic rings. The molecule has 0 bridgehead atoms. The molecule has 0 N–H and O–H groups in total. The molecule has 0 radical (unpaired) electrons. The number of ether oxygens (including phenoxy) is 1. The van der Waals surface area contributed by atoms with E-state index in [0.717, 1.165) is 41.9 Å². The normalized spacial score (nSPS) is 21.3. The first-order valence-electron chi connectivity index (χ1n) is 11.2. The summed E-state index contributed by atoms with van der Waals surface area (Å²) in [4.78, 5) is 19.4. The summed E-state index contributed by atoms with van der Waals surface area (Å²) in [5.74, 6) is -3.48. The molecule has 0 spiro atoms. The van der Waals surface area contributed by atoms with E-state index in [1.807, 2.05) is 42.0 Å². The molecule has 3 heterocycles. The molecule has 1 aromatic heterocycles. The van der Waals surface area contributed by atoms with Crippen LogP contribution in [0.4, 0.5) is 13.2 Å². The number of hydrogen-bond acceptors (Lipinski definition) is 3. The van der Waals surface area contributed by atoms with Crippen LogP contribution in [0.3, 0.4) is 0 Å². The molecular weight excluding hydrogens is 443 g/mol. The van der Waals surface area contributed by atoms with E-state index >= 15 is 0 Å². The van der Waals surface area contributed by atoms with Crippen molar-refractivity contribution in [2.24, 2.45) is 0 Å². The highest BCUT2D eigenvalue weighted by Crippen LogP contribution is 2.43. The molecule has 2 atom stereocenters. The predicted octanol–water partition coefficient (Wildman–Crippen LogP) is 5.52. The number of aryl methyl sites for hydroxylation is 1. The summed E-state index contributed by atoms with van der Waals surface area (Å²) in [5.41, 5.74) is 3.44. The molecule has 0 aliphatic carbocycles. The average Bonchev–Trinajstić information content (AvgIpc) is 3.45. The first kappa shape index (κ1) is 22.3. The van der Waals surface area contributed by atoms with Crippen molar-refractivity contribution in [1.82, 2.24) is 14.5 Å². The van der Waals surface area contributed by atoms with Crippen molar-refractivity contribution in [1.29, 1.82) is 0 Å². The van der Waals surface area contributed by atoms with Crippen LogP contribution in [-0.2, 0) is 4.79 Å². The van der Waals surface area contributed by atoms with E-state index in [9.17, 15) is 18.0 Å². The second-order valence-corrected chi connectivity index (χ2v) is 8.82. The Labute approximate surface area is 195 Å². The van der Waals surface area contributed by atoms with Gasteiger partial charge in [-0.1, -0.05) is 6.07 Å². The molecule has 2 aromatic carbocycles. The fraction of sp³-hybridized carbons (Fsp3) is 0.308. The Morgan fingerprint density at radius 3 is 2.53 bits per heavy atom. The lowest BCUT2D eigenvalue weighted by Gasteiger charge is -2.35. The second-order valence-electron chi connectivity index (χ2n) is 8.82. The zero-order valence-electron chi connectivity index (χ0n) is 18.9. The third-order valence-corrected chi connectivity index (χ3v) is 6.68. The number of piperidine rings is 1. The Hall–Kier alpha value is -3.55. The summed E-state index contributed by atoms with van der Waals surface area (Å²) in [6.07, 6.45) is 8.16. The zero-order valence-corrected chi connectivity index (χ0v) is 18.9. The highest BCUT2D eigenvalue weighted by atomic mass is 19.2. The molecule has 0 unspecified atom stereocenters. The maximum Gasteiger partial charge on any atom is 0.250 e. The van der Waals surface area contributed by atoms with Gasteiger partial charge in [0.15, 0.2) is 17.5 Å². The minimum absolute atomic E-state index is 0.00668. The van der Waals surface area contributed by atoms with Crippen molar-refractivity contribution in [3.63, 3.8) is 0 Å². The van der Waals surface area contributed by atoms with Gasteiger partial charge in [0.25, 0.3) is 5.91 Å². The fourth-order valence-electron chi connectivity index (χ4n) is 5.05. The van der Waals surface area contributed by atoms with E-state index < -0.39 is 23.5 Å². The SMILES string of the molecule is COc1cc(/C=C2\CC[C@H]3CC[C@H](c4cc(F)c(F)c(F)c4)N3C2=O)ccc1-n1cnc(C)c1. The molecule has 8 heteroatoms. The summed E-state index contributed by atoms with van der Waals surface area (Å²) in [6.45, 7) is 1.91. The fourth-order valence-corrected chi connectivity index (χ4v) is 5.05. The number of halogens is 3. The molecule has 176 valence electrons. The Morgan fingerprint density at radius 2 is 1.85 bits per heavy atom. The molecule has 5 rings (SSSR count). The van der Waals surface area contributed by atoms with Gasteiger partial charge in [0.05, 0.1) is 30.9 Å². The standard InChI is InChI=1S/C26H24F3N3O2/c1-15-13-31(14-30-15)23-7-3-16(10-24(23)34-2)9-17-4-5-19-6-8-22(32(19)26(17)33)18-11-20(27)25(29)21(28)12-18/h3,7,9-14,19,22H,4-6,8H2,1-2H3/b17-9+/t19-,22+/m0/s1. The van der Waals surface area contributed by atoms with Gasteiger partial charge in [-0.3, -0.25) is 4.79 Å². The summed E-state index contributed by atoms with van der Waals surface area (Å²) in [7, 11) is 1.59. The van der Waals surface area contributed by atoms with Gasteiger partial charge < -0.3 is 14.2 Å². The lowest BCUT2D eigenvalue weighted by molar-refractivity contribution is -0.131. The monoisotopic (exact) mass is 467 g/mol. The maximum absolute atomic E-state index is 13.9. The van der Waals surface area contributed by atoms with Crippen molar-refractivity contribution < 1.29 is 22.7 Å². The first-order valence-corrected chi connectivity index (χ1v) is 11.2. The molecule has 2 fully saturated rings. The number of rotatable bonds is 4. The van der Waals surface area contributed by atoms with Crippen molar-refractivity contribution in [2.45, 2.75) is 44.7 Å². The van der Waals surface area contributed by atoms with Gasteiger partial charge in [-0.2, -0.15) is 0 Å². The number of hydrogen-bond donors (Lipinski definition) is 0. The minimum Gasteiger partial charge on any atom is -0.495 e. The Morgan fingerprint density at radius 1 is 1.09 bits per heavy atom. The van der Waals surface area contributed by atoms with Crippen LogP contribution in [-0.4, -0.2) is 33.5 Å². The Bertz CT molecular complexity index is 1280. The van der Waals surface area contributed by atoms with Crippen LogP contribution in [0.2, 0.25) is 0 Å². The second kappa shape index (κ2) is 8.66. The summed E-state index contributed by atoms with van der Waals surface area (Å²) in [6, 6.07) is 7.20. The van der Waals surface area contributed by atoms with Crippen LogP contribution in [0, 0.1) is 24.4 Å². The van der Waals surface area contributed by atoms with Crippen LogP contribution in [0.1, 0.15) is 48.5 Å². The smallest absolute Gasteiger partial charge is 0.250 e. The number of imidazole rings is 1. The van der Waals surface area contributed by atoms with Gasteiger partial charge in [0.1, 0.15) is 5.75 Å². The highest BCUT2D eigenvalue weighted by molar-refractivity contribution is 5.99. The quantitative estimate of drug-likeness (QED) is 0.375. The molecule has 2 aliphatic heterocycles. The van der Waals surface area contributed by atoms with Crippen molar-refractivity contribution >= 4 is 12.0 Å². The number of methoxy groups -OCH3 is 1. The summed E-state index contributed by atoms with van der Waals surface area (Å²) >= 11 is 0. The van der Waals surface area contributed by atoms with Gasteiger partial charge in [-0.05, 0) is 74.1 Å². The van der Waals surface area contributed by atoms with E-state index in [4.69, 9.17) is 4.74 Å². The van der Waals surface area contributed by atoms with Crippen molar-refractivity contribution in [2.75, 3.05) is 7.11 Å². The molecule has 5 nitrogen and oxygen atoms in total. The van der Waals surface area contributed by atoms with Gasteiger partial charge in [0.2, 0.25) is 0 Å². The van der Waals surface area contributed by atoms with E-state index in [1.165, 1.54) is 0 Å². The van der Waals surface area contributed by atoms with E-state index in [-0.39, 0.29) is 17.5 Å². The number of amides is 1.